The van der Waals surface area contributed by atoms with Gasteiger partial charge in [0.2, 0.25) is 5.91 Å². The summed E-state index contributed by atoms with van der Waals surface area (Å²) in [5.41, 5.74) is 5.50. The smallest absolute Gasteiger partial charge is 0.302 e. The van der Waals surface area contributed by atoms with Crippen LogP contribution in [0.5, 0.6) is 0 Å². The maximum Gasteiger partial charge on any atom is 0.302 e. The number of nitrogens with two attached hydrogens (primary N) is 1. The van der Waals surface area contributed by atoms with Crippen molar-refractivity contribution < 1.29 is 28.5 Å². The number of nitrogens with one attached hydrogen (secondary N) is 2. The summed E-state index contributed by atoms with van der Waals surface area (Å²) in [5.74, 6) is -1.26. The van der Waals surface area contributed by atoms with E-state index in [9.17, 15) is 9.59 Å². The molecule has 0 radical (unpaired) electrons. The highest BCUT2D eigenvalue weighted by Gasteiger charge is 2.55. The van der Waals surface area contributed by atoms with Crippen molar-refractivity contribution in [1.29, 1.82) is 0 Å². The fourth-order valence-electron chi connectivity index (χ4n) is 3.28. The van der Waals surface area contributed by atoms with Crippen molar-refractivity contribution >= 4 is 11.9 Å². The number of hydrogen-bond donors (Lipinski definition) is 3. The van der Waals surface area contributed by atoms with Gasteiger partial charge in [0.1, 0.15) is 18.3 Å². The molecule has 0 unspecified atom stereocenters. The van der Waals surface area contributed by atoms with Crippen LogP contribution in [0.25, 0.3) is 0 Å². The Morgan fingerprint density at radius 1 is 1.23 bits per heavy atom. The lowest BCUT2D eigenvalue weighted by atomic mass is 10.1. The lowest BCUT2D eigenvalue weighted by Crippen LogP contribution is -2.39. The molecule has 0 aromatic rings. The summed E-state index contributed by atoms with van der Waals surface area (Å²) in [6.45, 7) is 8.82. The van der Waals surface area contributed by atoms with Crippen molar-refractivity contribution in [3.8, 4) is 0 Å². The molecular formula is C17H31N3O6. The Morgan fingerprint density at radius 3 is 2.50 bits per heavy atom. The Bertz CT molecular complexity index is 501. The topological polar surface area (TPSA) is 121 Å². The van der Waals surface area contributed by atoms with Crippen molar-refractivity contribution in [2.45, 2.75) is 70.4 Å². The number of esters is 1. The van der Waals surface area contributed by atoms with Gasteiger partial charge in [-0.2, -0.15) is 0 Å². The van der Waals surface area contributed by atoms with E-state index in [4.69, 9.17) is 24.7 Å². The zero-order chi connectivity index (χ0) is 19.3. The van der Waals surface area contributed by atoms with Crippen molar-refractivity contribution in [3.05, 3.63) is 0 Å². The second kappa shape index (κ2) is 9.09. The molecule has 5 atom stereocenters. The molecule has 2 heterocycles. The summed E-state index contributed by atoms with van der Waals surface area (Å²) in [4.78, 5) is 23.2. The summed E-state index contributed by atoms with van der Waals surface area (Å²) in [7, 11) is 0. The Labute approximate surface area is 154 Å². The molecule has 0 aromatic heterocycles. The van der Waals surface area contributed by atoms with E-state index in [1.54, 1.807) is 6.92 Å². The molecule has 2 saturated heterocycles. The van der Waals surface area contributed by atoms with Gasteiger partial charge in [0.15, 0.2) is 5.79 Å². The molecule has 4 N–H and O–H groups in total. The van der Waals surface area contributed by atoms with Gasteiger partial charge in [-0.3, -0.25) is 9.59 Å². The summed E-state index contributed by atoms with van der Waals surface area (Å²) in [6.07, 6.45) is -1.35. The monoisotopic (exact) mass is 373 g/mol. The van der Waals surface area contributed by atoms with E-state index in [2.05, 4.69) is 10.6 Å². The number of hydrogen-bond acceptors (Lipinski definition) is 8. The number of amides is 1. The number of rotatable bonds is 9. The molecule has 0 bridgehead atoms. The highest BCUT2D eigenvalue weighted by molar-refractivity contribution is 5.76. The van der Waals surface area contributed by atoms with E-state index < -0.39 is 11.9 Å². The van der Waals surface area contributed by atoms with Crippen LogP contribution in [-0.4, -0.2) is 74.4 Å². The van der Waals surface area contributed by atoms with Gasteiger partial charge in [-0.15, -0.1) is 0 Å². The highest BCUT2D eigenvalue weighted by atomic mass is 16.8. The molecule has 2 fully saturated rings. The molecule has 0 spiro atoms. The Kier molecular flexibility index (Phi) is 7.36. The van der Waals surface area contributed by atoms with Crippen LogP contribution in [0.3, 0.4) is 0 Å². The zero-order valence-corrected chi connectivity index (χ0v) is 15.9. The van der Waals surface area contributed by atoms with Crippen molar-refractivity contribution in [2.24, 2.45) is 5.73 Å². The van der Waals surface area contributed by atoms with Crippen LogP contribution >= 0.6 is 0 Å². The minimum atomic E-state index is -0.705. The predicted octanol–water partition coefficient (Wildman–Crippen LogP) is -0.720. The minimum Gasteiger partial charge on any atom is -0.461 e. The normalized spacial score (nSPS) is 30.7. The highest BCUT2D eigenvalue weighted by Crippen LogP contribution is 2.39. The molecule has 0 aromatic carbocycles. The fraction of sp³-hybridized carbons (Fsp3) is 0.882. The lowest BCUT2D eigenvalue weighted by molar-refractivity contribution is -0.187. The van der Waals surface area contributed by atoms with Gasteiger partial charge in [0.25, 0.3) is 0 Å². The molecule has 0 saturated carbocycles. The first-order valence-corrected chi connectivity index (χ1v) is 9.07. The van der Waals surface area contributed by atoms with Gasteiger partial charge < -0.3 is 35.3 Å². The lowest BCUT2D eigenvalue weighted by Gasteiger charge is -2.24. The Hall–Kier alpha value is -1.26. The fourth-order valence-corrected chi connectivity index (χ4v) is 3.28. The number of carbonyl (C=O) groups is 2. The third-order valence-electron chi connectivity index (χ3n) is 4.25. The van der Waals surface area contributed by atoms with Gasteiger partial charge in [-0.25, -0.2) is 0 Å². The molecule has 26 heavy (non-hydrogen) atoms. The maximum absolute atomic E-state index is 12.2. The van der Waals surface area contributed by atoms with Crippen LogP contribution in [0.15, 0.2) is 0 Å². The van der Waals surface area contributed by atoms with Crippen LogP contribution in [0, 0.1) is 0 Å². The van der Waals surface area contributed by atoms with Gasteiger partial charge in [0.05, 0.1) is 25.2 Å². The van der Waals surface area contributed by atoms with E-state index in [-0.39, 0.29) is 49.3 Å². The molecule has 0 aliphatic carbocycles. The molecule has 150 valence electrons. The summed E-state index contributed by atoms with van der Waals surface area (Å²) in [6, 6.07) is 0. The van der Waals surface area contributed by atoms with E-state index in [0.717, 1.165) is 0 Å². The van der Waals surface area contributed by atoms with Crippen LogP contribution in [0.4, 0.5) is 0 Å². The van der Waals surface area contributed by atoms with Crippen molar-refractivity contribution in [2.75, 3.05) is 26.2 Å². The van der Waals surface area contributed by atoms with Gasteiger partial charge in [-0.05, 0) is 20.8 Å². The van der Waals surface area contributed by atoms with Crippen molar-refractivity contribution in [1.82, 2.24) is 10.6 Å². The Morgan fingerprint density at radius 2 is 1.88 bits per heavy atom. The maximum atomic E-state index is 12.2. The van der Waals surface area contributed by atoms with E-state index in [0.29, 0.717) is 19.6 Å². The Balaban J connectivity index is 1.87. The SMILES string of the molecule is CC(=O)O[C@H](C)CNC(=O)C[C@H]1O[C@@H](CNCCN)[C@H]2OC(C)(C)O[C@H]21. The molecule has 1 amide bonds. The van der Waals surface area contributed by atoms with Crippen molar-refractivity contribution in [3.63, 3.8) is 0 Å². The summed E-state index contributed by atoms with van der Waals surface area (Å²) >= 11 is 0. The first-order chi connectivity index (χ1) is 12.2. The minimum absolute atomic E-state index is 0.154. The van der Waals surface area contributed by atoms with E-state index in [1.165, 1.54) is 6.92 Å². The number of carbonyl (C=O) groups excluding carboxylic acids is 2. The number of ether oxygens (including phenoxy) is 4. The standard InChI is InChI=1S/C17H31N3O6/c1-10(23-11(2)21)8-20-14(22)7-12-15-16(26-17(3,4)25-15)13(24-12)9-19-6-5-18/h10,12-13,15-16,19H,5-9,18H2,1-4H3,(H,20,22)/t10-,12-,13+,15+,16-/m1/s1. The van der Waals surface area contributed by atoms with Crippen LogP contribution in [0.1, 0.15) is 34.1 Å². The van der Waals surface area contributed by atoms with Gasteiger partial charge in [-0.1, -0.05) is 0 Å². The first kappa shape index (κ1) is 21.0. The molecule has 2 aliphatic rings. The average molecular weight is 373 g/mol. The zero-order valence-electron chi connectivity index (χ0n) is 15.9. The molecule has 9 heteroatoms. The quantitative estimate of drug-likeness (QED) is 0.358. The van der Waals surface area contributed by atoms with Gasteiger partial charge in [0, 0.05) is 26.6 Å². The summed E-state index contributed by atoms with van der Waals surface area (Å²) in [5, 5.41) is 5.97. The third kappa shape index (κ3) is 5.88. The number of fused-ring (bicyclic) bond motifs is 1. The van der Waals surface area contributed by atoms with Crippen LogP contribution in [-0.2, 0) is 28.5 Å². The molecule has 9 nitrogen and oxygen atoms in total. The first-order valence-electron chi connectivity index (χ1n) is 9.07. The van der Waals surface area contributed by atoms with E-state index >= 15 is 0 Å². The third-order valence-corrected chi connectivity index (χ3v) is 4.25. The molecular weight excluding hydrogens is 342 g/mol. The molecule has 2 aliphatic heterocycles. The largest absolute Gasteiger partial charge is 0.461 e. The van der Waals surface area contributed by atoms with Crippen LogP contribution < -0.4 is 16.4 Å². The van der Waals surface area contributed by atoms with Gasteiger partial charge >= 0.3 is 5.97 Å². The average Bonchev–Trinajstić information content (AvgIpc) is 3.00. The molecule has 2 rings (SSSR count). The second-order valence-electron chi connectivity index (χ2n) is 7.20. The van der Waals surface area contributed by atoms with E-state index in [1.807, 2.05) is 13.8 Å². The van der Waals surface area contributed by atoms with Crippen LogP contribution in [0.2, 0.25) is 0 Å². The summed E-state index contributed by atoms with van der Waals surface area (Å²) < 4.78 is 22.9. The predicted molar refractivity (Wildman–Crippen MR) is 93.3 cm³/mol. The second-order valence-corrected chi connectivity index (χ2v) is 7.20.